The van der Waals surface area contributed by atoms with Gasteiger partial charge in [0.1, 0.15) is 0 Å². The van der Waals surface area contributed by atoms with Crippen molar-refractivity contribution in [1.29, 1.82) is 0 Å². The quantitative estimate of drug-likeness (QED) is 0.901. The van der Waals surface area contributed by atoms with Crippen LogP contribution in [0.2, 0.25) is 0 Å². The van der Waals surface area contributed by atoms with Crippen molar-refractivity contribution in [3.8, 4) is 11.3 Å². The van der Waals surface area contributed by atoms with Gasteiger partial charge in [0.25, 0.3) is 0 Å². The first-order valence-electron chi connectivity index (χ1n) is 5.68. The summed E-state index contributed by atoms with van der Waals surface area (Å²) in [5, 5.41) is 12.9. The van der Waals surface area contributed by atoms with Crippen LogP contribution >= 0.6 is 11.8 Å². The number of benzene rings is 1. The number of carbonyl (C=O) groups is 1. The van der Waals surface area contributed by atoms with Gasteiger partial charge in [-0.25, -0.2) is 4.79 Å². The van der Waals surface area contributed by atoms with Crippen molar-refractivity contribution in [3.63, 3.8) is 0 Å². The Hall–Kier alpha value is -1.75. The third kappa shape index (κ3) is 1.80. The largest absolute Gasteiger partial charge is 0.476 e. The van der Waals surface area contributed by atoms with Crippen molar-refractivity contribution >= 4 is 17.7 Å². The Labute approximate surface area is 109 Å². The number of thioether (sulfide) groups is 1. The number of aromatic carboxylic acids is 1. The molecule has 3 rings (SSSR count). The van der Waals surface area contributed by atoms with E-state index in [-0.39, 0.29) is 5.69 Å². The molecule has 1 N–H and O–H groups in total. The molecule has 4 nitrogen and oxygen atoms in total. The second-order valence-corrected chi connectivity index (χ2v) is 5.40. The Kier molecular flexibility index (Phi) is 2.63. The lowest BCUT2D eigenvalue weighted by atomic mass is 10.1. The van der Waals surface area contributed by atoms with Gasteiger partial charge in [0.2, 0.25) is 0 Å². The molecule has 0 atom stereocenters. The summed E-state index contributed by atoms with van der Waals surface area (Å²) >= 11 is 1.87. The van der Waals surface area contributed by atoms with E-state index in [1.807, 2.05) is 17.8 Å². The van der Waals surface area contributed by atoms with Crippen LogP contribution in [0.1, 0.15) is 16.1 Å². The molecule has 0 amide bonds. The highest BCUT2D eigenvalue weighted by molar-refractivity contribution is 7.99. The monoisotopic (exact) mass is 260 g/mol. The molecule has 2 aromatic rings. The lowest BCUT2D eigenvalue weighted by molar-refractivity contribution is 0.0689. The summed E-state index contributed by atoms with van der Waals surface area (Å²) < 4.78 is 1.62. The molecule has 0 spiro atoms. The molecule has 0 radical (unpaired) electrons. The van der Waals surface area contributed by atoms with Gasteiger partial charge in [-0.2, -0.15) is 5.10 Å². The minimum Gasteiger partial charge on any atom is -0.476 e. The van der Waals surface area contributed by atoms with E-state index in [9.17, 15) is 4.79 Å². The molecule has 0 fully saturated rings. The van der Waals surface area contributed by atoms with E-state index in [0.29, 0.717) is 0 Å². The molecular formula is C13H12N2O2S. The first-order chi connectivity index (χ1) is 8.65. The summed E-state index contributed by atoms with van der Waals surface area (Å²) in [6, 6.07) is 7.89. The first-order valence-corrected chi connectivity index (χ1v) is 6.67. The zero-order valence-electron chi connectivity index (χ0n) is 9.88. The number of fused-ring (bicyclic) bond motifs is 1. The molecule has 0 saturated carbocycles. The SMILES string of the molecule is Cn1nc(C(=O)O)cc1-c1ccc2c(c1)CCS2. The maximum absolute atomic E-state index is 10.9. The summed E-state index contributed by atoms with van der Waals surface area (Å²) in [5.41, 5.74) is 3.30. The number of hydrogen-bond donors (Lipinski definition) is 1. The van der Waals surface area contributed by atoms with E-state index in [0.717, 1.165) is 23.4 Å². The van der Waals surface area contributed by atoms with Crippen LogP contribution in [0.3, 0.4) is 0 Å². The third-order valence-corrected chi connectivity index (χ3v) is 4.20. The minimum atomic E-state index is -0.992. The summed E-state index contributed by atoms with van der Waals surface area (Å²) in [5.74, 6) is 0.137. The molecule has 18 heavy (non-hydrogen) atoms. The molecule has 1 aromatic carbocycles. The second kappa shape index (κ2) is 4.17. The maximum Gasteiger partial charge on any atom is 0.356 e. The first kappa shape index (κ1) is 11.3. The van der Waals surface area contributed by atoms with Crippen molar-refractivity contribution < 1.29 is 9.90 Å². The molecule has 2 heterocycles. The lowest BCUT2D eigenvalue weighted by Crippen LogP contribution is -1.99. The molecular weight excluding hydrogens is 248 g/mol. The number of aromatic nitrogens is 2. The molecule has 1 aliphatic rings. The van der Waals surface area contributed by atoms with Crippen molar-refractivity contribution in [1.82, 2.24) is 9.78 Å². The highest BCUT2D eigenvalue weighted by atomic mass is 32.2. The van der Waals surface area contributed by atoms with Gasteiger partial charge in [0.05, 0.1) is 5.69 Å². The summed E-state index contributed by atoms with van der Waals surface area (Å²) in [4.78, 5) is 12.2. The average molecular weight is 260 g/mol. The van der Waals surface area contributed by atoms with Crippen molar-refractivity contribution in [2.45, 2.75) is 11.3 Å². The third-order valence-electron chi connectivity index (χ3n) is 3.08. The summed E-state index contributed by atoms with van der Waals surface area (Å²) in [7, 11) is 1.77. The molecule has 1 aromatic heterocycles. The van der Waals surface area contributed by atoms with Crippen LogP contribution in [-0.2, 0) is 13.5 Å². The molecule has 5 heteroatoms. The van der Waals surface area contributed by atoms with Crippen molar-refractivity contribution in [2.24, 2.45) is 7.05 Å². The van der Waals surface area contributed by atoms with Crippen molar-refractivity contribution in [3.05, 3.63) is 35.5 Å². The molecule has 0 bridgehead atoms. The normalized spacial score (nSPS) is 13.6. The zero-order valence-corrected chi connectivity index (χ0v) is 10.7. The van der Waals surface area contributed by atoms with Crippen LogP contribution in [0.15, 0.2) is 29.2 Å². The number of hydrogen-bond acceptors (Lipinski definition) is 3. The summed E-state index contributed by atoms with van der Waals surface area (Å²) in [6.07, 6.45) is 1.08. The Morgan fingerprint density at radius 1 is 1.44 bits per heavy atom. The summed E-state index contributed by atoms with van der Waals surface area (Å²) in [6.45, 7) is 0. The van der Waals surface area contributed by atoms with Gasteiger partial charge in [0.15, 0.2) is 5.69 Å². The topological polar surface area (TPSA) is 55.1 Å². The van der Waals surface area contributed by atoms with Gasteiger partial charge in [0, 0.05) is 23.3 Å². The van der Waals surface area contributed by atoms with Gasteiger partial charge in [-0.05, 0) is 30.2 Å². The molecule has 0 aliphatic carbocycles. The van der Waals surface area contributed by atoms with E-state index < -0.39 is 5.97 Å². The highest BCUT2D eigenvalue weighted by Crippen LogP contribution is 2.34. The van der Waals surface area contributed by atoms with E-state index >= 15 is 0 Å². The molecule has 1 aliphatic heterocycles. The predicted molar refractivity (Wildman–Crippen MR) is 70.0 cm³/mol. The Morgan fingerprint density at radius 3 is 3.00 bits per heavy atom. The van der Waals surface area contributed by atoms with Crippen LogP contribution in [0.4, 0.5) is 0 Å². The van der Waals surface area contributed by atoms with Crippen LogP contribution in [0.5, 0.6) is 0 Å². The van der Waals surface area contributed by atoms with E-state index in [1.54, 1.807) is 17.8 Å². The van der Waals surface area contributed by atoms with Crippen LogP contribution in [0.25, 0.3) is 11.3 Å². The molecule has 92 valence electrons. The number of nitrogens with zero attached hydrogens (tertiary/aromatic N) is 2. The predicted octanol–water partition coefficient (Wildman–Crippen LogP) is 2.43. The molecule has 0 saturated heterocycles. The Balaban J connectivity index is 2.07. The van der Waals surface area contributed by atoms with E-state index in [2.05, 4.69) is 17.2 Å². The smallest absolute Gasteiger partial charge is 0.356 e. The number of carboxylic acid groups (broad SMARTS) is 1. The minimum absolute atomic E-state index is 0.0855. The Bertz CT molecular complexity index is 634. The molecule has 0 unspecified atom stereocenters. The van der Waals surface area contributed by atoms with Crippen LogP contribution in [0, 0.1) is 0 Å². The lowest BCUT2D eigenvalue weighted by Gasteiger charge is -2.04. The fourth-order valence-corrected chi connectivity index (χ4v) is 3.24. The van der Waals surface area contributed by atoms with Gasteiger partial charge in [-0.15, -0.1) is 11.8 Å². The van der Waals surface area contributed by atoms with Crippen LogP contribution < -0.4 is 0 Å². The maximum atomic E-state index is 10.9. The van der Waals surface area contributed by atoms with Gasteiger partial charge < -0.3 is 5.11 Å². The van der Waals surface area contributed by atoms with Crippen LogP contribution in [-0.4, -0.2) is 26.6 Å². The zero-order chi connectivity index (χ0) is 12.7. The second-order valence-electron chi connectivity index (χ2n) is 4.26. The number of rotatable bonds is 2. The highest BCUT2D eigenvalue weighted by Gasteiger charge is 2.16. The number of carboxylic acids is 1. The fourth-order valence-electron chi connectivity index (χ4n) is 2.19. The van der Waals surface area contributed by atoms with Gasteiger partial charge >= 0.3 is 5.97 Å². The van der Waals surface area contributed by atoms with Crippen molar-refractivity contribution in [2.75, 3.05) is 5.75 Å². The van der Waals surface area contributed by atoms with E-state index in [1.165, 1.54) is 10.5 Å². The van der Waals surface area contributed by atoms with Gasteiger partial charge in [-0.3, -0.25) is 4.68 Å². The average Bonchev–Trinajstić information content (AvgIpc) is 2.93. The van der Waals surface area contributed by atoms with E-state index in [4.69, 9.17) is 5.11 Å². The standard InChI is InChI=1S/C13H12N2O2S/c1-15-11(7-10(14-15)13(16)17)8-2-3-12-9(6-8)4-5-18-12/h2-3,6-7H,4-5H2,1H3,(H,16,17). The fraction of sp³-hybridized carbons (Fsp3) is 0.231. The Morgan fingerprint density at radius 2 is 2.28 bits per heavy atom. The van der Waals surface area contributed by atoms with Gasteiger partial charge in [-0.1, -0.05) is 6.07 Å². The number of aryl methyl sites for hydroxylation is 2.